The summed E-state index contributed by atoms with van der Waals surface area (Å²) in [5.41, 5.74) is 7.05. The molecule has 0 fully saturated rings. The smallest absolute Gasteiger partial charge is 0.332 e. The minimum absolute atomic E-state index is 0.0756. The van der Waals surface area contributed by atoms with Crippen molar-refractivity contribution in [1.82, 2.24) is 5.48 Å². The van der Waals surface area contributed by atoms with Gasteiger partial charge in [-0.3, -0.25) is 9.59 Å². The van der Waals surface area contributed by atoms with E-state index in [1.165, 1.54) is 77.0 Å². The molecule has 6 heteroatoms. The van der Waals surface area contributed by atoms with E-state index in [-0.39, 0.29) is 18.7 Å². The Hall–Kier alpha value is -1.59. The second-order valence-electron chi connectivity index (χ2n) is 7.67. The molecule has 0 bridgehead atoms. The number of hydroxylamine groups is 1. The molecule has 0 heterocycles. The van der Waals surface area contributed by atoms with Gasteiger partial charge in [-0.05, 0) is 6.42 Å². The molecule has 0 unspecified atom stereocenters. The van der Waals surface area contributed by atoms with Crippen LogP contribution in [0.2, 0.25) is 0 Å². The van der Waals surface area contributed by atoms with E-state index in [9.17, 15) is 14.4 Å². The molecule has 0 saturated heterocycles. The van der Waals surface area contributed by atoms with Crippen molar-refractivity contribution >= 4 is 17.8 Å². The van der Waals surface area contributed by atoms with Gasteiger partial charge in [-0.25, -0.2) is 4.79 Å². The highest BCUT2D eigenvalue weighted by molar-refractivity contribution is 5.81. The fraction of sp³-hybridized carbons (Fsp3) is 0.864. The first-order valence-electron chi connectivity index (χ1n) is 11.3. The maximum Gasteiger partial charge on any atom is 0.332 e. The Kier molecular flexibility index (Phi) is 19.0. The number of hydrogen-bond acceptors (Lipinski definition) is 4. The highest BCUT2D eigenvalue weighted by Gasteiger charge is 2.08. The minimum atomic E-state index is -0.649. The van der Waals surface area contributed by atoms with Crippen molar-refractivity contribution in [3.8, 4) is 0 Å². The van der Waals surface area contributed by atoms with Crippen molar-refractivity contribution in [1.29, 1.82) is 0 Å². The molecular weight excluding hydrogens is 356 g/mol. The fourth-order valence-corrected chi connectivity index (χ4v) is 3.10. The van der Waals surface area contributed by atoms with Crippen LogP contribution in [0, 0.1) is 0 Å². The molecule has 2 amide bonds. The first-order chi connectivity index (χ1) is 13.6. The summed E-state index contributed by atoms with van der Waals surface area (Å²) in [7, 11) is 0. The van der Waals surface area contributed by atoms with Crippen LogP contribution in [0.25, 0.3) is 0 Å². The van der Waals surface area contributed by atoms with Gasteiger partial charge in [0.2, 0.25) is 5.91 Å². The van der Waals surface area contributed by atoms with Gasteiger partial charge in [0, 0.05) is 12.8 Å². The third-order valence-corrected chi connectivity index (χ3v) is 4.86. The number of hydrogen-bond donors (Lipinski definition) is 2. The van der Waals surface area contributed by atoms with E-state index in [4.69, 9.17) is 5.73 Å². The van der Waals surface area contributed by atoms with Crippen LogP contribution in [0.4, 0.5) is 0 Å². The number of unbranched alkanes of at least 4 members (excludes halogenated alkanes) is 14. The summed E-state index contributed by atoms with van der Waals surface area (Å²) in [5.74, 6) is -1.52. The second-order valence-corrected chi connectivity index (χ2v) is 7.67. The second kappa shape index (κ2) is 20.2. The van der Waals surface area contributed by atoms with Crippen molar-refractivity contribution in [2.24, 2.45) is 5.73 Å². The van der Waals surface area contributed by atoms with Crippen molar-refractivity contribution in [2.75, 3.05) is 0 Å². The number of primary amides is 1. The van der Waals surface area contributed by atoms with Crippen LogP contribution in [0.3, 0.4) is 0 Å². The number of carbonyl (C=O) groups is 3. The molecule has 0 aliphatic carbocycles. The molecule has 0 aliphatic rings. The Labute approximate surface area is 171 Å². The summed E-state index contributed by atoms with van der Waals surface area (Å²) in [5, 5.41) is 0. The number of nitrogens with one attached hydrogen (secondary N) is 1. The Bertz CT molecular complexity index is 413. The minimum Gasteiger partial charge on any atom is -0.370 e. The Morgan fingerprint density at radius 2 is 1.07 bits per heavy atom. The molecule has 0 spiro atoms. The molecule has 0 radical (unpaired) electrons. The van der Waals surface area contributed by atoms with E-state index in [2.05, 4.69) is 17.2 Å². The first-order valence-corrected chi connectivity index (χ1v) is 11.3. The molecule has 0 aromatic heterocycles. The van der Waals surface area contributed by atoms with Crippen molar-refractivity contribution in [3.05, 3.63) is 0 Å². The lowest BCUT2D eigenvalue weighted by Gasteiger charge is -2.05. The lowest BCUT2D eigenvalue weighted by Crippen LogP contribution is -2.27. The van der Waals surface area contributed by atoms with Gasteiger partial charge in [-0.15, -0.1) is 0 Å². The summed E-state index contributed by atoms with van der Waals surface area (Å²) in [4.78, 5) is 37.9. The van der Waals surface area contributed by atoms with E-state index in [0.717, 1.165) is 19.3 Å². The molecule has 0 atom stereocenters. The molecule has 28 heavy (non-hydrogen) atoms. The summed E-state index contributed by atoms with van der Waals surface area (Å²) in [6, 6.07) is 0. The zero-order valence-corrected chi connectivity index (χ0v) is 17.9. The third-order valence-electron chi connectivity index (χ3n) is 4.86. The number of carbonyl (C=O) groups excluding carboxylic acids is 3. The lowest BCUT2D eigenvalue weighted by molar-refractivity contribution is -0.158. The Morgan fingerprint density at radius 1 is 0.643 bits per heavy atom. The van der Waals surface area contributed by atoms with Crippen LogP contribution in [0.15, 0.2) is 0 Å². The largest absolute Gasteiger partial charge is 0.370 e. The molecule has 0 aromatic rings. The molecule has 6 nitrogen and oxygen atoms in total. The third kappa shape index (κ3) is 20.7. The molecule has 0 aromatic carbocycles. The highest BCUT2D eigenvalue weighted by atomic mass is 16.7. The molecule has 3 N–H and O–H groups in total. The number of amides is 2. The average Bonchev–Trinajstić information content (AvgIpc) is 2.67. The van der Waals surface area contributed by atoms with Gasteiger partial charge >= 0.3 is 5.97 Å². The maximum atomic E-state index is 11.5. The van der Waals surface area contributed by atoms with E-state index >= 15 is 0 Å². The van der Waals surface area contributed by atoms with Gasteiger partial charge in [-0.2, -0.15) is 5.48 Å². The summed E-state index contributed by atoms with van der Waals surface area (Å²) < 4.78 is 0. The van der Waals surface area contributed by atoms with Crippen LogP contribution in [0.1, 0.15) is 122 Å². The SMILES string of the molecule is CCCCCCCCCCCCCCCCCC(=O)NOC(=O)CCC(N)=O. The average molecular weight is 399 g/mol. The van der Waals surface area contributed by atoms with Crippen LogP contribution < -0.4 is 11.2 Å². The van der Waals surface area contributed by atoms with E-state index in [1.807, 2.05) is 0 Å². The van der Waals surface area contributed by atoms with Crippen molar-refractivity contribution in [2.45, 2.75) is 122 Å². The van der Waals surface area contributed by atoms with Gasteiger partial charge in [0.25, 0.3) is 5.91 Å². The van der Waals surface area contributed by atoms with Crippen LogP contribution >= 0.6 is 0 Å². The van der Waals surface area contributed by atoms with Crippen molar-refractivity contribution < 1.29 is 19.2 Å². The summed E-state index contributed by atoms with van der Waals surface area (Å²) >= 11 is 0. The highest BCUT2D eigenvalue weighted by Crippen LogP contribution is 2.13. The zero-order valence-electron chi connectivity index (χ0n) is 17.9. The lowest BCUT2D eigenvalue weighted by atomic mass is 10.0. The fourth-order valence-electron chi connectivity index (χ4n) is 3.10. The quantitative estimate of drug-likeness (QED) is 0.234. The standard InChI is InChI=1S/C22H42N2O4/c1-2-3-4-5-6-7-8-9-10-11-12-13-14-15-16-17-21(26)24-28-22(27)19-18-20(23)25/h2-19H2,1H3,(H2,23,25)(H,24,26). The first kappa shape index (κ1) is 26.4. The number of nitrogens with two attached hydrogens (primary N) is 1. The zero-order chi connectivity index (χ0) is 20.9. The number of rotatable bonds is 19. The van der Waals surface area contributed by atoms with Gasteiger partial charge in [-0.1, -0.05) is 96.8 Å². The van der Waals surface area contributed by atoms with Gasteiger partial charge in [0.05, 0.1) is 6.42 Å². The molecule has 164 valence electrons. The van der Waals surface area contributed by atoms with Crippen LogP contribution in [-0.4, -0.2) is 17.8 Å². The summed E-state index contributed by atoms with van der Waals surface area (Å²) in [6.45, 7) is 2.26. The predicted molar refractivity (Wildman–Crippen MR) is 112 cm³/mol. The molecule has 0 aliphatic heterocycles. The predicted octanol–water partition coefficient (Wildman–Crippen LogP) is 5.09. The summed E-state index contributed by atoms with van der Waals surface area (Å²) in [6.07, 6.45) is 19.3. The van der Waals surface area contributed by atoms with E-state index in [0.29, 0.717) is 6.42 Å². The van der Waals surface area contributed by atoms with Gasteiger partial charge in [0.15, 0.2) is 0 Å². The normalized spacial score (nSPS) is 10.6. The topological polar surface area (TPSA) is 98.5 Å². The van der Waals surface area contributed by atoms with Crippen LogP contribution in [0.5, 0.6) is 0 Å². The molecule has 0 saturated carbocycles. The molecule has 0 rings (SSSR count). The van der Waals surface area contributed by atoms with E-state index < -0.39 is 11.9 Å². The van der Waals surface area contributed by atoms with Crippen molar-refractivity contribution in [3.63, 3.8) is 0 Å². The maximum absolute atomic E-state index is 11.5. The Morgan fingerprint density at radius 3 is 1.50 bits per heavy atom. The van der Waals surface area contributed by atoms with Crippen LogP contribution in [-0.2, 0) is 19.2 Å². The van der Waals surface area contributed by atoms with Gasteiger partial charge < -0.3 is 10.6 Å². The Balaban J connectivity index is 3.25. The molecular formula is C22H42N2O4. The van der Waals surface area contributed by atoms with Gasteiger partial charge in [0.1, 0.15) is 0 Å². The monoisotopic (exact) mass is 398 g/mol. The van der Waals surface area contributed by atoms with E-state index in [1.54, 1.807) is 0 Å².